The van der Waals surface area contributed by atoms with Crippen LogP contribution in [-0.2, 0) is 20.0 Å². The van der Waals surface area contributed by atoms with Crippen LogP contribution in [0.1, 0.15) is 10.4 Å². The molecule has 0 heterocycles. The van der Waals surface area contributed by atoms with Gasteiger partial charge in [0, 0.05) is 0 Å². The van der Waals surface area contributed by atoms with E-state index in [0.717, 1.165) is 12.5 Å². The van der Waals surface area contributed by atoms with Gasteiger partial charge >= 0.3 is 0 Å². The second-order valence-electron chi connectivity index (χ2n) is 3.60. The first-order chi connectivity index (χ1) is 8.05. The van der Waals surface area contributed by atoms with Crippen LogP contribution < -0.4 is 9.44 Å². The van der Waals surface area contributed by atoms with E-state index in [9.17, 15) is 21.6 Å². The normalized spacial score (nSPS) is 12.1. The first-order valence-electron chi connectivity index (χ1n) is 4.64. The molecular weight excluding hydrogens is 280 g/mol. The molecule has 100 valence electrons. The number of primary amides is 1. The molecule has 0 aliphatic heterocycles. The van der Waals surface area contributed by atoms with Gasteiger partial charge in [-0.3, -0.25) is 4.79 Å². The summed E-state index contributed by atoms with van der Waals surface area (Å²) < 4.78 is 46.4. The number of anilines is 1. The summed E-state index contributed by atoms with van der Waals surface area (Å²) in [5.41, 5.74) is 4.61. The highest BCUT2D eigenvalue weighted by Gasteiger charge is 2.30. The second-order valence-corrected chi connectivity index (χ2v) is 7.50. The molecule has 1 aromatic carbocycles. The molecule has 1 aromatic rings. The number of hydrogen-bond acceptors (Lipinski definition) is 5. The van der Waals surface area contributed by atoms with Crippen LogP contribution in [-0.4, -0.2) is 35.3 Å². The van der Waals surface area contributed by atoms with E-state index >= 15 is 0 Å². The lowest BCUT2D eigenvalue weighted by atomic mass is 10.2. The van der Waals surface area contributed by atoms with Crippen molar-refractivity contribution in [3.63, 3.8) is 0 Å². The number of nitrogens with two attached hydrogens (primary N) is 1. The minimum atomic E-state index is -4.09. The zero-order valence-electron chi connectivity index (χ0n) is 9.69. The summed E-state index contributed by atoms with van der Waals surface area (Å²) in [5, 5.41) is 0. The predicted octanol–water partition coefficient (Wildman–Crippen LogP) is -0.489. The van der Waals surface area contributed by atoms with Crippen LogP contribution >= 0.6 is 0 Å². The van der Waals surface area contributed by atoms with Gasteiger partial charge in [-0.2, -0.15) is 3.71 Å². The van der Waals surface area contributed by atoms with Crippen LogP contribution in [0.25, 0.3) is 0 Å². The number of amides is 1. The Balaban J connectivity index is 3.66. The molecule has 1 amide bonds. The van der Waals surface area contributed by atoms with E-state index in [0.29, 0.717) is 0 Å². The molecule has 7 nitrogen and oxygen atoms in total. The molecule has 0 unspecified atom stereocenters. The first kappa shape index (κ1) is 14.5. The number of para-hydroxylation sites is 1. The van der Waals surface area contributed by atoms with Gasteiger partial charge in [-0.1, -0.05) is 12.1 Å². The number of rotatable bonds is 4. The zero-order valence-corrected chi connectivity index (χ0v) is 11.3. The van der Waals surface area contributed by atoms with E-state index in [2.05, 4.69) is 0 Å². The molecule has 0 aliphatic rings. The maximum Gasteiger partial charge on any atom is 0.250 e. The SMILES string of the molecule is CS(=O)(=O)N(c1ccccc1C(N)=O)S(C)(=O)=O. The van der Waals surface area contributed by atoms with Gasteiger partial charge in [0.2, 0.25) is 20.0 Å². The van der Waals surface area contributed by atoms with Crippen molar-refractivity contribution in [2.45, 2.75) is 0 Å². The number of nitrogens with zero attached hydrogens (tertiary/aromatic N) is 1. The van der Waals surface area contributed by atoms with Crippen molar-refractivity contribution in [2.24, 2.45) is 5.73 Å². The highest BCUT2D eigenvalue weighted by Crippen LogP contribution is 2.25. The Hall–Kier alpha value is -1.61. The fourth-order valence-corrected chi connectivity index (χ4v) is 4.44. The third kappa shape index (κ3) is 2.99. The quantitative estimate of drug-likeness (QED) is 0.804. The van der Waals surface area contributed by atoms with Gasteiger partial charge < -0.3 is 5.73 Å². The minimum Gasteiger partial charge on any atom is -0.366 e. The molecule has 0 saturated heterocycles. The Labute approximate surface area is 105 Å². The van der Waals surface area contributed by atoms with Gasteiger partial charge in [-0.05, 0) is 12.1 Å². The summed E-state index contributed by atoms with van der Waals surface area (Å²) in [7, 11) is -8.19. The van der Waals surface area contributed by atoms with E-state index in [1.807, 2.05) is 0 Å². The number of carbonyl (C=O) groups is 1. The maximum absolute atomic E-state index is 11.5. The minimum absolute atomic E-state index is 0.181. The van der Waals surface area contributed by atoms with Gasteiger partial charge in [0.05, 0.1) is 23.8 Å². The van der Waals surface area contributed by atoms with E-state index in [-0.39, 0.29) is 15.0 Å². The van der Waals surface area contributed by atoms with Crippen LogP contribution in [0.15, 0.2) is 24.3 Å². The molecule has 0 bridgehead atoms. The highest BCUT2D eigenvalue weighted by atomic mass is 32.3. The smallest absolute Gasteiger partial charge is 0.250 e. The molecule has 18 heavy (non-hydrogen) atoms. The van der Waals surface area contributed by atoms with Crippen molar-refractivity contribution < 1.29 is 21.6 Å². The molecular formula is C9H12N2O5S2. The van der Waals surface area contributed by atoms with Crippen LogP contribution in [0.2, 0.25) is 0 Å². The maximum atomic E-state index is 11.5. The number of hydrogen-bond donors (Lipinski definition) is 1. The monoisotopic (exact) mass is 292 g/mol. The third-order valence-corrected chi connectivity index (χ3v) is 5.19. The van der Waals surface area contributed by atoms with E-state index < -0.39 is 26.0 Å². The molecule has 9 heteroatoms. The van der Waals surface area contributed by atoms with Crippen LogP contribution in [0.3, 0.4) is 0 Å². The van der Waals surface area contributed by atoms with E-state index in [1.165, 1.54) is 24.3 Å². The van der Waals surface area contributed by atoms with Crippen LogP contribution in [0, 0.1) is 0 Å². The fraction of sp³-hybridized carbons (Fsp3) is 0.222. The van der Waals surface area contributed by atoms with Gasteiger partial charge in [0.25, 0.3) is 5.91 Å². The number of benzene rings is 1. The fourth-order valence-electron chi connectivity index (χ4n) is 1.44. The largest absolute Gasteiger partial charge is 0.366 e. The molecule has 0 aliphatic carbocycles. The van der Waals surface area contributed by atoms with Crippen molar-refractivity contribution >= 4 is 31.6 Å². The third-order valence-electron chi connectivity index (χ3n) is 1.97. The summed E-state index contributed by atoms with van der Waals surface area (Å²) in [5.74, 6) is -0.914. The summed E-state index contributed by atoms with van der Waals surface area (Å²) in [6.07, 6.45) is 1.46. The lowest BCUT2D eigenvalue weighted by molar-refractivity contribution is 0.100. The van der Waals surface area contributed by atoms with Crippen LogP contribution in [0.4, 0.5) is 5.69 Å². The Morgan fingerprint density at radius 3 is 1.89 bits per heavy atom. The van der Waals surface area contributed by atoms with Crippen molar-refractivity contribution in [1.29, 1.82) is 0 Å². The molecule has 1 rings (SSSR count). The summed E-state index contributed by atoms with van der Waals surface area (Å²) in [4.78, 5) is 11.2. The molecule has 2 N–H and O–H groups in total. The Morgan fingerprint density at radius 2 is 1.50 bits per heavy atom. The average Bonchev–Trinajstić information content (AvgIpc) is 2.13. The second kappa shape index (κ2) is 4.58. The van der Waals surface area contributed by atoms with Crippen molar-refractivity contribution in [2.75, 3.05) is 16.2 Å². The summed E-state index contributed by atoms with van der Waals surface area (Å²) in [6, 6.07) is 5.31. The molecule has 0 atom stereocenters. The lowest BCUT2D eigenvalue weighted by Crippen LogP contribution is -2.36. The van der Waals surface area contributed by atoms with Crippen LogP contribution in [0.5, 0.6) is 0 Å². The standard InChI is InChI=1S/C9H12N2O5S2/c1-17(13,14)11(18(2,15)16)8-6-4-3-5-7(8)9(10)12/h3-6H,1-2H3,(H2,10,12). The molecule has 0 aromatic heterocycles. The van der Waals surface area contributed by atoms with Crippen molar-refractivity contribution in [3.05, 3.63) is 29.8 Å². The molecule has 0 fully saturated rings. The molecule has 0 radical (unpaired) electrons. The van der Waals surface area contributed by atoms with Crippen molar-refractivity contribution in [3.8, 4) is 0 Å². The number of sulfonamides is 2. The predicted molar refractivity (Wildman–Crippen MR) is 67.1 cm³/mol. The van der Waals surface area contributed by atoms with E-state index in [4.69, 9.17) is 5.73 Å². The molecule has 0 saturated carbocycles. The molecule has 0 spiro atoms. The van der Waals surface area contributed by atoms with E-state index in [1.54, 1.807) is 0 Å². The summed E-state index contributed by atoms with van der Waals surface area (Å²) >= 11 is 0. The Morgan fingerprint density at radius 1 is 1.06 bits per heavy atom. The summed E-state index contributed by atoms with van der Waals surface area (Å²) in [6.45, 7) is 0. The number of carbonyl (C=O) groups excluding carboxylic acids is 1. The zero-order chi connectivity index (χ0) is 14.1. The highest BCUT2D eigenvalue weighted by molar-refractivity contribution is 8.09. The topological polar surface area (TPSA) is 115 Å². The van der Waals surface area contributed by atoms with Crippen molar-refractivity contribution in [1.82, 2.24) is 0 Å². The Kier molecular flexibility index (Phi) is 3.67. The van der Waals surface area contributed by atoms with Gasteiger partial charge in [0.15, 0.2) is 0 Å². The lowest BCUT2D eigenvalue weighted by Gasteiger charge is -2.21. The Bertz CT molecular complexity index is 647. The average molecular weight is 292 g/mol. The van der Waals surface area contributed by atoms with Gasteiger partial charge in [0.1, 0.15) is 0 Å². The van der Waals surface area contributed by atoms with Gasteiger partial charge in [-0.15, -0.1) is 0 Å². The first-order valence-corrected chi connectivity index (χ1v) is 8.34. The van der Waals surface area contributed by atoms with Gasteiger partial charge in [-0.25, -0.2) is 16.8 Å².